The maximum Gasteiger partial charge on any atom is 0.194 e. The summed E-state index contributed by atoms with van der Waals surface area (Å²) in [7, 11) is 0. The average Bonchev–Trinajstić information content (AvgIpc) is 2.71. The molecule has 0 bridgehead atoms. The molecule has 0 saturated heterocycles. The van der Waals surface area contributed by atoms with Gasteiger partial charge in [-0.3, -0.25) is 4.79 Å². The number of rotatable bonds is 1. The molecule has 0 heterocycles. The van der Waals surface area contributed by atoms with E-state index in [1.165, 1.54) is 5.56 Å². The quantitative estimate of drug-likeness (QED) is 0.601. The molecule has 0 aromatic heterocycles. The van der Waals surface area contributed by atoms with Gasteiger partial charge in [0, 0.05) is 11.1 Å². The molecular formula is C19H20O. The summed E-state index contributed by atoms with van der Waals surface area (Å²) in [4.78, 5) is 12.5. The lowest BCUT2D eigenvalue weighted by molar-refractivity contribution is 0.104. The Hall–Kier alpha value is -1.89. The molecule has 1 aliphatic rings. The number of ketones is 1. The summed E-state index contributed by atoms with van der Waals surface area (Å²) in [5, 5.41) is 0. The van der Waals surface area contributed by atoms with Crippen molar-refractivity contribution in [2.75, 3.05) is 0 Å². The predicted octanol–water partition coefficient (Wildman–Crippen LogP) is 5.05. The van der Waals surface area contributed by atoms with Gasteiger partial charge in [-0.2, -0.15) is 0 Å². The molecule has 20 heavy (non-hydrogen) atoms. The monoisotopic (exact) mass is 264 g/mol. The fourth-order valence-electron chi connectivity index (χ4n) is 2.81. The summed E-state index contributed by atoms with van der Waals surface area (Å²) in [6, 6.07) is 14.2. The first-order valence-electron chi connectivity index (χ1n) is 7.17. The summed E-state index contributed by atoms with van der Waals surface area (Å²) in [5.74, 6) is 0.586. The van der Waals surface area contributed by atoms with Crippen LogP contribution >= 0.6 is 0 Å². The van der Waals surface area contributed by atoms with Crippen LogP contribution in [0.5, 0.6) is 0 Å². The van der Waals surface area contributed by atoms with Crippen LogP contribution in [-0.2, 0) is 0 Å². The molecule has 1 nitrogen and oxygen atoms in total. The summed E-state index contributed by atoms with van der Waals surface area (Å²) in [6.45, 7) is 8.94. The first-order chi connectivity index (χ1) is 9.39. The summed E-state index contributed by atoms with van der Waals surface area (Å²) >= 11 is 0. The van der Waals surface area contributed by atoms with Crippen LogP contribution in [0.1, 0.15) is 55.1 Å². The molecule has 0 spiro atoms. The highest BCUT2D eigenvalue weighted by atomic mass is 16.1. The summed E-state index contributed by atoms with van der Waals surface area (Å²) in [5.41, 5.74) is 5.29. The van der Waals surface area contributed by atoms with E-state index in [9.17, 15) is 4.79 Å². The largest absolute Gasteiger partial charge is 0.289 e. The smallest absolute Gasteiger partial charge is 0.194 e. The second-order valence-corrected chi connectivity index (χ2v) is 6.77. The van der Waals surface area contributed by atoms with E-state index in [-0.39, 0.29) is 11.2 Å². The van der Waals surface area contributed by atoms with Gasteiger partial charge in [-0.25, -0.2) is 0 Å². The predicted molar refractivity (Wildman–Crippen MR) is 83.2 cm³/mol. The first kappa shape index (κ1) is 13.1. The van der Waals surface area contributed by atoms with Crippen LogP contribution in [-0.4, -0.2) is 5.78 Å². The molecular weight excluding hydrogens is 244 g/mol. The van der Waals surface area contributed by atoms with Crippen LogP contribution in [0.2, 0.25) is 0 Å². The average molecular weight is 264 g/mol. The SMILES string of the molecule is CC(c1ccc2c(c1)C(=O)c1ccccc1-2)C(C)(C)C. The van der Waals surface area contributed by atoms with Gasteiger partial charge in [-0.1, -0.05) is 64.1 Å². The number of carbonyl (C=O) groups is 1. The molecule has 0 N–H and O–H groups in total. The molecule has 0 aliphatic heterocycles. The number of hydrogen-bond donors (Lipinski definition) is 0. The molecule has 0 saturated carbocycles. The van der Waals surface area contributed by atoms with E-state index in [2.05, 4.69) is 45.9 Å². The Balaban J connectivity index is 2.12. The van der Waals surface area contributed by atoms with E-state index in [0.29, 0.717) is 5.92 Å². The van der Waals surface area contributed by atoms with Gasteiger partial charge >= 0.3 is 0 Å². The van der Waals surface area contributed by atoms with Crippen LogP contribution in [0.3, 0.4) is 0 Å². The minimum absolute atomic E-state index is 0.165. The van der Waals surface area contributed by atoms with Crippen LogP contribution in [0, 0.1) is 5.41 Å². The van der Waals surface area contributed by atoms with Gasteiger partial charge in [-0.15, -0.1) is 0 Å². The van der Waals surface area contributed by atoms with Crippen molar-refractivity contribution < 1.29 is 4.79 Å². The Morgan fingerprint density at radius 1 is 0.850 bits per heavy atom. The van der Waals surface area contributed by atoms with Crippen LogP contribution in [0.25, 0.3) is 11.1 Å². The van der Waals surface area contributed by atoms with E-state index < -0.39 is 0 Å². The van der Waals surface area contributed by atoms with Gasteiger partial charge in [0.05, 0.1) is 0 Å². The highest BCUT2D eigenvalue weighted by molar-refractivity contribution is 6.21. The van der Waals surface area contributed by atoms with Gasteiger partial charge in [0.2, 0.25) is 0 Å². The maximum absolute atomic E-state index is 12.5. The minimum atomic E-state index is 0.165. The lowest BCUT2D eigenvalue weighted by atomic mass is 9.77. The van der Waals surface area contributed by atoms with E-state index in [4.69, 9.17) is 0 Å². The molecule has 0 fully saturated rings. The van der Waals surface area contributed by atoms with Crippen molar-refractivity contribution in [3.8, 4) is 11.1 Å². The number of hydrogen-bond acceptors (Lipinski definition) is 1. The highest BCUT2D eigenvalue weighted by Gasteiger charge is 2.28. The molecule has 3 rings (SSSR count). The molecule has 0 radical (unpaired) electrons. The fourth-order valence-corrected chi connectivity index (χ4v) is 2.81. The number of fused-ring (bicyclic) bond motifs is 3. The highest BCUT2D eigenvalue weighted by Crippen LogP contribution is 2.40. The van der Waals surface area contributed by atoms with Crippen molar-refractivity contribution >= 4 is 5.78 Å². The molecule has 2 aromatic rings. The van der Waals surface area contributed by atoms with Crippen LogP contribution in [0.4, 0.5) is 0 Å². The third-order valence-electron chi connectivity index (χ3n) is 4.55. The Bertz CT molecular complexity index is 689. The van der Waals surface area contributed by atoms with Crippen molar-refractivity contribution in [3.05, 3.63) is 59.2 Å². The Labute approximate surface area is 120 Å². The molecule has 2 aromatic carbocycles. The van der Waals surface area contributed by atoms with E-state index in [1.54, 1.807) is 0 Å². The van der Waals surface area contributed by atoms with Crippen molar-refractivity contribution in [1.82, 2.24) is 0 Å². The zero-order valence-electron chi connectivity index (χ0n) is 12.5. The van der Waals surface area contributed by atoms with E-state index in [0.717, 1.165) is 22.3 Å². The normalized spacial score (nSPS) is 14.9. The van der Waals surface area contributed by atoms with Gasteiger partial charge in [0.1, 0.15) is 0 Å². The fraction of sp³-hybridized carbons (Fsp3) is 0.316. The molecule has 0 amide bonds. The number of carbonyl (C=O) groups excluding carboxylic acids is 1. The van der Waals surface area contributed by atoms with E-state index >= 15 is 0 Å². The van der Waals surface area contributed by atoms with Crippen LogP contribution in [0.15, 0.2) is 42.5 Å². The lowest BCUT2D eigenvalue weighted by Crippen LogP contribution is -2.15. The van der Waals surface area contributed by atoms with Gasteiger partial charge in [0.25, 0.3) is 0 Å². The third-order valence-corrected chi connectivity index (χ3v) is 4.55. The number of benzene rings is 2. The lowest BCUT2D eigenvalue weighted by Gasteiger charge is -2.28. The molecule has 102 valence electrons. The Kier molecular flexibility index (Phi) is 2.82. The zero-order valence-corrected chi connectivity index (χ0v) is 12.5. The van der Waals surface area contributed by atoms with Crippen molar-refractivity contribution in [2.24, 2.45) is 5.41 Å². The topological polar surface area (TPSA) is 17.1 Å². The maximum atomic E-state index is 12.5. The van der Waals surface area contributed by atoms with E-state index in [1.807, 2.05) is 24.3 Å². The van der Waals surface area contributed by atoms with Gasteiger partial charge < -0.3 is 0 Å². The second-order valence-electron chi connectivity index (χ2n) is 6.77. The second kappa shape index (κ2) is 4.31. The van der Waals surface area contributed by atoms with Crippen molar-refractivity contribution in [1.29, 1.82) is 0 Å². The van der Waals surface area contributed by atoms with Gasteiger partial charge in [-0.05, 0) is 34.1 Å². The standard InChI is InChI=1S/C19H20O/c1-12(19(2,3)4)13-9-10-15-14-7-5-6-8-16(14)18(20)17(15)11-13/h5-12H,1-4H3. The Morgan fingerprint density at radius 3 is 2.10 bits per heavy atom. The van der Waals surface area contributed by atoms with Crippen LogP contribution < -0.4 is 0 Å². The summed E-state index contributed by atoms with van der Waals surface area (Å²) in [6.07, 6.45) is 0. The first-order valence-corrected chi connectivity index (χ1v) is 7.17. The summed E-state index contributed by atoms with van der Waals surface area (Å²) < 4.78 is 0. The minimum Gasteiger partial charge on any atom is -0.289 e. The molecule has 1 aliphatic carbocycles. The molecule has 1 unspecified atom stereocenters. The third kappa shape index (κ3) is 1.89. The van der Waals surface area contributed by atoms with Crippen molar-refractivity contribution in [2.45, 2.75) is 33.6 Å². The molecule has 1 heteroatoms. The Morgan fingerprint density at radius 2 is 1.45 bits per heavy atom. The van der Waals surface area contributed by atoms with Crippen molar-refractivity contribution in [3.63, 3.8) is 0 Å². The zero-order chi connectivity index (χ0) is 14.5. The van der Waals surface area contributed by atoms with Gasteiger partial charge in [0.15, 0.2) is 5.78 Å². The molecule has 1 atom stereocenters.